The summed E-state index contributed by atoms with van der Waals surface area (Å²) in [6.45, 7) is 0. The third-order valence-corrected chi connectivity index (χ3v) is 7.84. The molecule has 2 aromatic heterocycles. The standard InChI is InChI=1S/C37H23NO2/c39-37-33-23-27(17-19-29(33)31-14-5-7-16-36(31)40-37)25-11-8-12-28(21-25)38-34-15-6-4-13-30(34)32-22-26(18-20-35(32)38)24-9-2-1-3-10-24/h1-23H. The van der Waals surface area contributed by atoms with Gasteiger partial charge in [0.25, 0.3) is 0 Å². The molecule has 8 rings (SSSR count). The van der Waals surface area contributed by atoms with Gasteiger partial charge in [-0.3, -0.25) is 0 Å². The molecule has 0 N–H and O–H groups in total. The molecule has 0 bridgehead atoms. The third kappa shape index (κ3) is 3.49. The van der Waals surface area contributed by atoms with E-state index in [2.05, 4.69) is 102 Å². The van der Waals surface area contributed by atoms with Crippen molar-refractivity contribution in [1.29, 1.82) is 0 Å². The second-order valence-corrected chi connectivity index (χ2v) is 10.1. The van der Waals surface area contributed by atoms with Gasteiger partial charge in [-0.2, -0.15) is 0 Å². The van der Waals surface area contributed by atoms with Crippen LogP contribution in [-0.2, 0) is 0 Å². The van der Waals surface area contributed by atoms with Crippen LogP contribution in [0.3, 0.4) is 0 Å². The van der Waals surface area contributed by atoms with Gasteiger partial charge in [0, 0.05) is 21.8 Å². The molecular weight excluding hydrogens is 490 g/mol. The van der Waals surface area contributed by atoms with Gasteiger partial charge < -0.3 is 8.98 Å². The molecule has 3 heteroatoms. The lowest BCUT2D eigenvalue weighted by Gasteiger charge is -2.11. The summed E-state index contributed by atoms with van der Waals surface area (Å²) in [5.74, 6) is 0. The van der Waals surface area contributed by atoms with Gasteiger partial charge in [-0.05, 0) is 70.1 Å². The summed E-state index contributed by atoms with van der Waals surface area (Å²) in [6.07, 6.45) is 0. The molecule has 2 heterocycles. The van der Waals surface area contributed by atoms with Gasteiger partial charge in [0.2, 0.25) is 0 Å². The average molecular weight is 514 g/mol. The molecule has 0 saturated heterocycles. The van der Waals surface area contributed by atoms with Crippen molar-refractivity contribution in [3.8, 4) is 27.9 Å². The van der Waals surface area contributed by atoms with Crippen LogP contribution in [0.2, 0.25) is 0 Å². The number of para-hydroxylation sites is 2. The van der Waals surface area contributed by atoms with E-state index in [0.29, 0.717) is 11.0 Å². The molecule has 0 aliphatic carbocycles. The molecule has 0 radical (unpaired) electrons. The van der Waals surface area contributed by atoms with Crippen LogP contribution < -0.4 is 5.63 Å². The fourth-order valence-corrected chi connectivity index (χ4v) is 5.95. The highest BCUT2D eigenvalue weighted by Gasteiger charge is 2.14. The highest BCUT2D eigenvalue weighted by Crippen LogP contribution is 2.36. The molecule has 0 aliphatic heterocycles. The van der Waals surface area contributed by atoms with Crippen molar-refractivity contribution < 1.29 is 4.42 Å². The van der Waals surface area contributed by atoms with Gasteiger partial charge in [-0.15, -0.1) is 0 Å². The Kier molecular flexibility index (Phi) is 4.98. The predicted molar refractivity (Wildman–Crippen MR) is 165 cm³/mol. The molecule has 0 atom stereocenters. The maximum atomic E-state index is 12.9. The van der Waals surface area contributed by atoms with E-state index in [1.54, 1.807) is 0 Å². The predicted octanol–water partition coefficient (Wildman–Crippen LogP) is 9.38. The van der Waals surface area contributed by atoms with Gasteiger partial charge in [-0.25, -0.2) is 4.79 Å². The zero-order valence-electron chi connectivity index (χ0n) is 21.5. The summed E-state index contributed by atoms with van der Waals surface area (Å²) in [5, 5.41) is 4.88. The van der Waals surface area contributed by atoms with Gasteiger partial charge >= 0.3 is 5.63 Å². The molecule has 8 aromatic rings. The SMILES string of the molecule is O=c1oc2ccccc2c2ccc(-c3cccc(-n4c5ccccc5c5cc(-c6ccccc6)ccc54)c3)cc12. The van der Waals surface area contributed by atoms with Crippen LogP contribution >= 0.6 is 0 Å². The highest BCUT2D eigenvalue weighted by atomic mass is 16.4. The van der Waals surface area contributed by atoms with Crippen molar-refractivity contribution in [1.82, 2.24) is 4.57 Å². The summed E-state index contributed by atoms with van der Waals surface area (Å²) in [6, 6.07) is 48.0. The van der Waals surface area contributed by atoms with Gasteiger partial charge in [0.15, 0.2) is 0 Å². The second kappa shape index (κ2) is 8.82. The van der Waals surface area contributed by atoms with Crippen molar-refractivity contribution in [3.05, 3.63) is 150 Å². The van der Waals surface area contributed by atoms with Crippen molar-refractivity contribution in [2.24, 2.45) is 0 Å². The molecule has 0 aliphatic rings. The van der Waals surface area contributed by atoms with Crippen LogP contribution in [0, 0.1) is 0 Å². The minimum atomic E-state index is -0.316. The number of hydrogen-bond donors (Lipinski definition) is 0. The smallest absolute Gasteiger partial charge is 0.344 e. The third-order valence-electron chi connectivity index (χ3n) is 7.84. The summed E-state index contributed by atoms with van der Waals surface area (Å²) >= 11 is 0. The first-order chi connectivity index (χ1) is 19.7. The van der Waals surface area contributed by atoms with Crippen LogP contribution in [0.25, 0.3) is 71.5 Å². The van der Waals surface area contributed by atoms with E-state index >= 15 is 0 Å². The maximum Gasteiger partial charge on any atom is 0.344 e. The quantitative estimate of drug-likeness (QED) is 0.174. The van der Waals surface area contributed by atoms with Crippen LogP contribution in [0.5, 0.6) is 0 Å². The first-order valence-electron chi connectivity index (χ1n) is 13.4. The molecule has 0 unspecified atom stereocenters. The summed E-state index contributed by atoms with van der Waals surface area (Å²) < 4.78 is 7.95. The monoisotopic (exact) mass is 513 g/mol. The Morgan fingerprint density at radius 2 is 1.07 bits per heavy atom. The Morgan fingerprint density at radius 1 is 0.425 bits per heavy atom. The number of rotatable bonds is 3. The molecule has 6 aromatic carbocycles. The van der Waals surface area contributed by atoms with Crippen LogP contribution in [-0.4, -0.2) is 4.57 Å². The van der Waals surface area contributed by atoms with Crippen molar-refractivity contribution >= 4 is 43.5 Å². The number of benzene rings is 6. The first-order valence-corrected chi connectivity index (χ1v) is 13.4. The number of nitrogens with zero attached hydrogens (tertiary/aromatic N) is 1. The Morgan fingerprint density at radius 3 is 1.98 bits per heavy atom. The lowest BCUT2D eigenvalue weighted by atomic mass is 10.00. The van der Waals surface area contributed by atoms with E-state index in [4.69, 9.17) is 4.42 Å². The zero-order valence-corrected chi connectivity index (χ0v) is 21.5. The molecule has 0 saturated carbocycles. The lowest BCUT2D eigenvalue weighted by molar-refractivity contribution is 0.569. The minimum absolute atomic E-state index is 0.316. The maximum absolute atomic E-state index is 12.9. The Balaban J connectivity index is 1.31. The first kappa shape index (κ1) is 22.6. The lowest BCUT2D eigenvalue weighted by Crippen LogP contribution is -2.00. The zero-order chi connectivity index (χ0) is 26.6. The molecule has 0 amide bonds. The topological polar surface area (TPSA) is 35.1 Å². The fourth-order valence-electron chi connectivity index (χ4n) is 5.95. The molecule has 188 valence electrons. The Labute approximate surface area is 230 Å². The van der Waals surface area contributed by atoms with Crippen molar-refractivity contribution in [3.63, 3.8) is 0 Å². The molecule has 0 fully saturated rings. The summed E-state index contributed by atoms with van der Waals surface area (Å²) in [7, 11) is 0. The molecule has 0 spiro atoms. The fraction of sp³-hybridized carbons (Fsp3) is 0. The van der Waals surface area contributed by atoms with Crippen LogP contribution in [0.15, 0.2) is 149 Å². The average Bonchev–Trinajstić information content (AvgIpc) is 3.35. The Hall–Kier alpha value is -5.41. The van der Waals surface area contributed by atoms with E-state index in [9.17, 15) is 4.79 Å². The highest BCUT2D eigenvalue weighted by molar-refractivity contribution is 6.10. The van der Waals surface area contributed by atoms with Crippen molar-refractivity contribution in [2.75, 3.05) is 0 Å². The van der Waals surface area contributed by atoms with Crippen molar-refractivity contribution in [2.45, 2.75) is 0 Å². The van der Waals surface area contributed by atoms with Crippen LogP contribution in [0.4, 0.5) is 0 Å². The van der Waals surface area contributed by atoms with Gasteiger partial charge in [0.05, 0.1) is 16.4 Å². The number of hydrogen-bond acceptors (Lipinski definition) is 2. The molecular formula is C37H23NO2. The largest absolute Gasteiger partial charge is 0.422 e. The second-order valence-electron chi connectivity index (χ2n) is 10.1. The van der Waals surface area contributed by atoms with Gasteiger partial charge in [-0.1, -0.05) is 97.1 Å². The van der Waals surface area contributed by atoms with E-state index in [1.165, 1.54) is 21.9 Å². The summed E-state index contributed by atoms with van der Waals surface area (Å²) in [4.78, 5) is 12.9. The normalized spacial score (nSPS) is 11.6. The summed E-state index contributed by atoms with van der Waals surface area (Å²) in [5.41, 5.74) is 8.10. The number of aromatic nitrogens is 1. The minimum Gasteiger partial charge on any atom is -0.422 e. The molecule has 40 heavy (non-hydrogen) atoms. The van der Waals surface area contributed by atoms with E-state index in [1.807, 2.05) is 42.5 Å². The van der Waals surface area contributed by atoms with E-state index in [-0.39, 0.29) is 5.63 Å². The Bertz CT molecular complexity index is 2290. The number of fused-ring (bicyclic) bond motifs is 6. The molecule has 3 nitrogen and oxygen atoms in total. The van der Waals surface area contributed by atoms with Crippen LogP contribution in [0.1, 0.15) is 0 Å². The van der Waals surface area contributed by atoms with E-state index in [0.717, 1.165) is 38.6 Å². The van der Waals surface area contributed by atoms with E-state index < -0.39 is 0 Å². The van der Waals surface area contributed by atoms with Gasteiger partial charge in [0.1, 0.15) is 5.58 Å².